The van der Waals surface area contributed by atoms with Gasteiger partial charge in [-0.15, -0.1) is 0 Å². The zero-order valence-electron chi connectivity index (χ0n) is 26.2. The molecule has 4 rings (SSSR count). The molecular formula is C33H40Cl2F3N3O2Ru. The van der Waals surface area contributed by atoms with E-state index in [4.69, 9.17) is 19.4 Å². The number of amides is 1. The standard InChI is InChI=1S/C21H27N2.C12H12F3NO2.2ClH.Ru/c1-14-9-16(3)20(17(4)10-14)22-7-8-23(13-22)21-18(5)11-15(2)12-19(21)6;1-7(2)18-10-5-4-9(6-8(10)3)16-11(17)12(13,14)15;;;/h9-13H,7-8H2,1-6H3;3-7H,1-2H3,(H,16,17);2*1H;/q-1;;;;+2/p-1. The van der Waals surface area contributed by atoms with E-state index in [0.29, 0.717) is 11.3 Å². The van der Waals surface area contributed by atoms with Gasteiger partial charge in [0.1, 0.15) is 0 Å². The fraction of sp³-hybridized carbons (Fsp3) is 0.364. The number of carbonyl (C=O) groups excluding carboxylic acids is 1. The summed E-state index contributed by atoms with van der Waals surface area (Å²) in [6, 6.07) is 13.4. The number of benzene rings is 3. The quantitative estimate of drug-likeness (QED) is 0.119. The van der Waals surface area contributed by atoms with Crippen LogP contribution in [-0.4, -0.2) is 40.6 Å². The van der Waals surface area contributed by atoms with Gasteiger partial charge in [-0.25, -0.2) is 0 Å². The second-order valence-corrected chi connectivity index (χ2v) is 17.0. The predicted octanol–water partition coefficient (Wildman–Crippen LogP) is 8.90. The molecular weight excluding hydrogens is 699 g/mol. The van der Waals surface area contributed by atoms with Crippen molar-refractivity contribution in [3.8, 4) is 5.75 Å². The molecule has 0 aromatic heterocycles. The molecule has 5 nitrogen and oxygen atoms in total. The van der Waals surface area contributed by atoms with Crippen molar-refractivity contribution in [2.75, 3.05) is 28.2 Å². The molecule has 0 radical (unpaired) electrons. The maximum atomic E-state index is 12.2. The molecule has 0 atom stereocenters. The molecule has 1 saturated heterocycles. The molecule has 3 aromatic rings. The van der Waals surface area contributed by atoms with Crippen molar-refractivity contribution in [3.63, 3.8) is 0 Å². The van der Waals surface area contributed by atoms with Gasteiger partial charge in [0.25, 0.3) is 0 Å². The molecule has 1 heterocycles. The average molecular weight is 740 g/mol. The van der Waals surface area contributed by atoms with E-state index in [1.165, 1.54) is 63.0 Å². The molecule has 0 unspecified atom stereocenters. The van der Waals surface area contributed by atoms with Gasteiger partial charge in [-0.05, 0) is 63.8 Å². The van der Waals surface area contributed by atoms with Gasteiger partial charge in [0, 0.05) is 24.5 Å². The normalized spacial score (nSPS) is 13.5. The van der Waals surface area contributed by atoms with E-state index in [1.807, 2.05) is 13.8 Å². The van der Waals surface area contributed by atoms with Crippen molar-refractivity contribution in [1.29, 1.82) is 0 Å². The minimum Gasteiger partial charge on any atom is -0.502 e. The zero-order chi connectivity index (χ0) is 32.9. The summed E-state index contributed by atoms with van der Waals surface area (Å²) in [5.74, 6) is -1.47. The van der Waals surface area contributed by atoms with Gasteiger partial charge in [0.15, 0.2) is 0 Å². The van der Waals surface area contributed by atoms with Crippen LogP contribution in [0.1, 0.15) is 52.8 Å². The molecule has 0 bridgehead atoms. The summed E-state index contributed by atoms with van der Waals surface area (Å²) in [6.45, 7) is 21.3. The molecule has 0 spiro atoms. The van der Waals surface area contributed by atoms with Crippen LogP contribution in [0.5, 0.6) is 5.75 Å². The molecule has 0 saturated carbocycles. The number of hydrogen-bond donors (Lipinski definition) is 1. The second-order valence-electron chi connectivity index (χ2n) is 11.3. The topological polar surface area (TPSA) is 48.4 Å². The zero-order valence-corrected chi connectivity index (χ0v) is 29.4. The Morgan fingerprint density at radius 1 is 0.886 bits per heavy atom. The summed E-state index contributed by atoms with van der Waals surface area (Å²) in [7, 11) is 11.6. The average Bonchev–Trinajstić information content (AvgIpc) is 3.32. The van der Waals surface area contributed by atoms with Gasteiger partial charge >= 0.3 is 133 Å². The first-order valence-corrected chi connectivity index (χ1v) is 19.5. The van der Waals surface area contributed by atoms with Gasteiger partial charge in [-0.1, -0.05) is 35.4 Å². The van der Waals surface area contributed by atoms with E-state index in [2.05, 4.69) is 87.0 Å². The van der Waals surface area contributed by atoms with Crippen LogP contribution in [-0.2, 0) is 18.3 Å². The van der Waals surface area contributed by atoms with Crippen LogP contribution in [0.2, 0.25) is 0 Å². The molecule has 1 amide bonds. The largest absolute Gasteiger partial charge is 0.502 e. The monoisotopic (exact) mass is 739 g/mol. The number of aliphatic hydroxyl groups is 1. The Bertz CT molecular complexity index is 1430. The van der Waals surface area contributed by atoms with Crippen LogP contribution in [0.3, 0.4) is 0 Å². The number of aryl methyl sites for hydroxylation is 6. The Morgan fingerprint density at radius 3 is 1.73 bits per heavy atom. The maximum Gasteiger partial charge on any atom is 0.0146 e. The van der Waals surface area contributed by atoms with E-state index < -0.39 is 25.6 Å². The van der Waals surface area contributed by atoms with E-state index in [1.54, 1.807) is 9.93 Å². The van der Waals surface area contributed by atoms with Gasteiger partial charge in [-0.2, -0.15) is 6.67 Å². The summed E-state index contributed by atoms with van der Waals surface area (Å²) in [5.41, 5.74) is 11.4. The molecule has 1 fully saturated rings. The van der Waals surface area contributed by atoms with Crippen LogP contribution in [0.15, 0.2) is 42.5 Å². The van der Waals surface area contributed by atoms with Crippen LogP contribution < -0.4 is 15.1 Å². The first kappa shape index (κ1) is 35.9. The SMILES string of the molecule is CC(C)[OH+]c1ccc(NC(=O)C(F)(F)F)cc1[CH]=[Ru]([Cl])[Cl].Cc1cc(C)c(N2[CH-]N(c3c(C)cc(C)cc3C)CC2)c(C)c1. The second kappa shape index (κ2) is 15.1. The van der Waals surface area contributed by atoms with E-state index in [9.17, 15) is 18.0 Å². The molecule has 0 aliphatic carbocycles. The van der Waals surface area contributed by atoms with E-state index >= 15 is 0 Å². The fourth-order valence-corrected chi connectivity index (χ4v) is 7.28. The third-order valence-corrected chi connectivity index (χ3v) is 8.67. The summed E-state index contributed by atoms with van der Waals surface area (Å²) in [6.07, 6.45) is -4.94. The number of rotatable bonds is 6. The number of nitrogens with one attached hydrogen (secondary N) is 1. The van der Waals surface area contributed by atoms with Crippen molar-refractivity contribution < 1.29 is 36.2 Å². The smallest absolute Gasteiger partial charge is 0.0146 e. The number of alkyl halides is 3. The molecule has 44 heavy (non-hydrogen) atoms. The van der Waals surface area contributed by atoms with Crippen molar-refractivity contribution >= 4 is 47.0 Å². The van der Waals surface area contributed by atoms with E-state index in [0.717, 1.165) is 13.1 Å². The summed E-state index contributed by atoms with van der Waals surface area (Å²) in [4.78, 5) is 15.7. The number of aromatic hydroxyl groups is 1. The predicted molar refractivity (Wildman–Crippen MR) is 175 cm³/mol. The van der Waals surface area contributed by atoms with Crippen LogP contribution in [0.4, 0.5) is 30.2 Å². The molecule has 11 heteroatoms. The fourth-order valence-electron chi connectivity index (χ4n) is 5.48. The Morgan fingerprint density at radius 2 is 1.34 bits per heavy atom. The molecule has 242 valence electrons. The number of nitrogens with zero attached hydrogens (tertiary/aromatic N) is 2. The van der Waals surface area contributed by atoms with Crippen molar-refractivity contribution in [1.82, 2.24) is 0 Å². The summed E-state index contributed by atoms with van der Waals surface area (Å²) in [5, 5.41) is 1.78. The minimum absolute atomic E-state index is 0.000864. The van der Waals surface area contributed by atoms with Crippen molar-refractivity contribution in [2.24, 2.45) is 0 Å². The van der Waals surface area contributed by atoms with Gasteiger partial charge < -0.3 is 9.80 Å². The molecule has 3 aromatic carbocycles. The summed E-state index contributed by atoms with van der Waals surface area (Å²) >= 11 is -2.18. The molecule has 1 aliphatic rings. The minimum atomic E-state index is -4.94. The maximum absolute atomic E-state index is 12.2. The Hall–Kier alpha value is -2.61. The van der Waals surface area contributed by atoms with Crippen LogP contribution >= 0.6 is 19.4 Å². The van der Waals surface area contributed by atoms with Gasteiger partial charge in [0.2, 0.25) is 0 Å². The number of carbonyl (C=O) groups is 1. The molecule has 2 N–H and O–H groups in total. The van der Waals surface area contributed by atoms with E-state index in [-0.39, 0.29) is 11.8 Å². The van der Waals surface area contributed by atoms with Crippen LogP contribution in [0, 0.1) is 48.2 Å². The molecule has 1 aliphatic heterocycles. The summed E-state index contributed by atoms with van der Waals surface area (Å²) < 4.78 is 42.6. The number of anilines is 3. The Balaban J connectivity index is 0.000000242. The van der Waals surface area contributed by atoms with Crippen molar-refractivity contribution in [2.45, 2.75) is 67.7 Å². The van der Waals surface area contributed by atoms with Gasteiger partial charge in [-0.3, -0.25) is 0 Å². The Labute approximate surface area is 271 Å². The third kappa shape index (κ3) is 9.69. The Kier molecular flexibility index (Phi) is 12.3. The first-order chi connectivity index (χ1) is 20.5. The number of ether oxygens (including phenoxy) is 1. The first-order valence-electron chi connectivity index (χ1n) is 14.1. The van der Waals surface area contributed by atoms with Gasteiger partial charge in [0.05, 0.1) is 0 Å². The number of halogens is 5. The number of hydrogen-bond acceptors (Lipinski definition) is 3. The van der Waals surface area contributed by atoms with Crippen LogP contribution in [0.25, 0.3) is 0 Å². The third-order valence-electron chi connectivity index (χ3n) is 6.83. The van der Waals surface area contributed by atoms with Crippen molar-refractivity contribution in [3.05, 3.63) is 88.1 Å².